The zero-order chi connectivity index (χ0) is 12.6. The molecule has 0 unspecified atom stereocenters. The van der Waals surface area contributed by atoms with Gasteiger partial charge in [-0.1, -0.05) is 62.1 Å². The Hall–Kier alpha value is -1.11. The third-order valence-corrected chi connectivity index (χ3v) is 2.60. The highest BCUT2D eigenvalue weighted by atomic mass is 16.1. The van der Waals surface area contributed by atoms with Crippen molar-refractivity contribution < 1.29 is 4.79 Å². The minimum atomic E-state index is 0.737. The molecule has 17 heavy (non-hydrogen) atoms. The molecule has 0 heterocycles. The molecule has 0 radical (unpaired) electrons. The van der Waals surface area contributed by atoms with Gasteiger partial charge < -0.3 is 4.79 Å². The molecule has 0 fully saturated rings. The molecule has 0 bridgehead atoms. The minimum absolute atomic E-state index is 0.737. The van der Waals surface area contributed by atoms with E-state index in [2.05, 4.69) is 18.2 Å². The van der Waals surface area contributed by atoms with E-state index in [0.29, 0.717) is 0 Å². The maximum absolute atomic E-state index is 10.1. The Morgan fingerprint density at radius 3 is 1.94 bits per heavy atom. The Kier molecular flexibility index (Phi) is 13.9. The molecule has 0 N–H and O–H groups in total. The van der Waals surface area contributed by atoms with E-state index in [1.54, 1.807) is 0 Å². The molecule has 0 aromatic heterocycles. The van der Waals surface area contributed by atoms with Crippen LogP contribution in [0.2, 0.25) is 0 Å². The summed E-state index contributed by atoms with van der Waals surface area (Å²) in [6.07, 6.45) is 22.9. The highest BCUT2D eigenvalue weighted by Crippen LogP contribution is 2.08. The van der Waals surface area contributed by atoms with Gasteiger partial charge in [0.25, 0.3) is 0 Å². The molecule has 0 aliphatic carbocycles. The van der Waals surface area contributed by atoms with Crippen LogP contribution in [0.4, 0.5) is 0 Å². The van der Waals surface area contributed by atoms with E-state index in [1.807, 2.05) is 25.2 Å². The fourth-order valence-corrected chi connectivity index (χ4v) is 1.61. The van der Waals surface area contributed by atoms with Crippen molar-refractivity contribution in [2.45, 2.75) is 58.3 Å². The van der Waals surface area contributed by atoms with Gasteiger partial charge >= 0.3 is 0 Å². The average molecular weight is 234 g/mol. The lowest BCUT2D eigenvalue weighted by molar-refractivity contribution is -0.107. The second kappa shape index (κ2) is 14.9. The van der Waals surface area contributed by atoms with Crippen molar-refractivity contribution in [3.05, 3.63) is 36.5 Å². The molecule has 0 spiro atoms. The zero-order valence-corrected chi connectivity index (χ0v) is 11.1. The smallest absolute Gasteiger partial charge is 0.119 e. The summed E-state index contributed by atoms with van der Waals surface area (Å²) >= 11 is 0. The van der Waals surface area contributed by atoms with Crippen LogP contribution in [0.3, 0.4) is 0 Å². The quantitative estimate of drug-likeness (QED) is 0.279. The summed E-state index contributed by atoms with van der Waals surface area (Å²) < 4.78 is 0. The Morgan fingerprint density at radius 1 is 0.706 bits per heavy atom. The second-order valence-electron chi connectivity index (χ2n) is 4.20. The van der Waals surface area contributed by atoms with Crippen molar-refractivity contribution in [2.24, 2.45) is 0 Å². The SMILES string of the molecule is C/C=C/C=C/C=C\CCCCCCCCC=O. The maximum atomic E-state index is 10.1. The highest BCUT2D eigenvalue weighted by Gasteiger charge is 1.89. The van der Waals surface area contributed by atoms with Gasteiger partial charge in [0, 0.05) is 6.42 Å². The summed E-state index contributed by atoms with van der Waals surface area (Å²) in [6, 6.07) is 0. The van der Waals surface area contributed by atoms with Crippen molar-refractivity contribution in [1.82, 2.24) is 0 Å². The number of hydrogen-bond acceptors (Lipinski definition) is 1. The number of rotatable bonds is 11. The van der Waals surface area contributed by atoms with Crippen molar-refractivity contribution in [2.75, 3.05) is 0 Å². The van der Waals surface area contributed by atoms with Gasteiger partial charge in [0.15, 0.2) is 0 Å². The van der Waals surface area contributed by atoms with Crippen molar-refractivity contribution in [1.29, 1.82) is 0 Å². The van der Waals surface area contributed by atoms with E-state index in [1.165, 1.54) is 38.5 Å². The van der Waals surface area contributed by atoms with Gasteiger partial charge in [0.1, 0.15) is 6.29 Å². The Balaban J connectivity index is 3.15. The van der Waals surface area contributed by atoms with Gasteiger partial charge in [-0.2, -0.15) is 0 Å². The number of hydrogen-bond donors (Lipinski definition) is 0. The Labute approximate surface area is 106 Å². The number of allylic oxidation sites excluding steroid dienone is 6. The summed E-state index contributed by atoms with van der Waals surface area (Å²) in [5, 5.41) is 0. The number of carbonyl (C=O) groups is 1. The molecule has 0 rings (SSSR count). The van der Waals surface area contributed by atoms with Crippen LogP contribution in [0.1, 0.15) is 58.3 Å². The fourth-order valence-electron chi connectivity index (χ4n) is 1.61. The van der Waals surface area contributed by atoms with Crippen LogP contribution in [-0.2, 0) is 4.79 Å². The van der Waals surface area contributed by atoms with Crippen LogP contribution < -0.4 is 0 Å². The van der Waals surface area contributed by atoms with Crippen LogP contribution in [0.25, 0.3) is 0 Å². The molecule has 0 atom stereocenters. The third-order valence-electron chi connectivity index (χ3n) is 2.60. The van der Waals surface area contributed by atoms with Gasteiger partial charge in [-0.15, -0.1) is 0 Å². The molecular formula is C16H26O. The van der Waals surface area contributed by atoms with E-state index >= 15 is 0 Å². The van der Waals surface area contributed by atoms with Gasteiger partial charge in [-0.05, 0) is 26.2 Å². The molecular weight excluding hydrogens is 208 g/mol. The van der Waals surface area contributed by atoms with Crippen LogP contribution in [-0.4, -0.2) is 6.29 Å². The number of carbonyl (C=O) groups excluding carboxylic acids is 1. The minimum Gasteiger partial charge on any atom is -0.303 e. The predicted octanol–water partition coefficient (Wildman–Crippen LogP) is 4.99. The molecule has 0 aromatic rings. The highest BCUT2D eigenvalue weighted by molar-refractivity contribution is 5.48. The van der Waals surface area contributed by atoms with Crippen molar-refractivity contribution in [3.8, 4) is 0 Å². The zero-order valence-electron chi connectivity index (χ0n) is 11.1. The van der Waals surface area contributed by atoms with Crippen LogP contribution in [0, 0.1) is 0 Å². The molecule has 1 nitrogen and oxygen atoms in total. The fraction of sp³-hybridized carbons (Fsp3) is 0.562. The number of unbranched alkanes of at least 4 members (excludes halogenated alkanes) is 7. The lowest BCUT2D eigenvalue weighted by Gasteiger charge is -1.98. The lowest BCUT2D eigenvalue weighted by atomic mass is 10.1. The first-order valence-electron chi connectivity index (χ1n) is 6.80. The summed E-state index contributed by atoms with van der Waals surface area (Å²) in [5.41, 5.74) is 0. The molecule has 1 heteroatoms. The number of aldehydes is 1. The van der Waals surface area contributed by atoms with Crippen molar-refractivity contribution >= 4 is 6.29 Å². The molecule has 0 saturated carbocycles. The van der Waals surface area contributed by atoms with E-state index in [9.17, 15) is 4.79 Å². The first-order chi connectivity index (χ1) is 8.41. The van der Waals surface area contributed by atoms with Gasteiger partial charge in [0.2, 0.25) is 0 Å². The predicted molar refractivity (Wildman–Crippen MR) is 76.1 cm³/mol. The largest absolute Gasteiger partial charge is 0.303 e. The van der Waals surface area contributed by atoms with Gasteiger partial charge in [0.05, 0.1) is 0 Å². The summed E-state index contributed by atoms with van der Waals surface area (Å²) in [7, 11) is 0. The molecule has 0 aliphatic rings. The molecule has 96 valence electrons. The van der Waals surface area contributed by atoms with Crippen LogP contribution in [0.15, 0.2) is 36.5 Å². The Bertz CT molecular complexity index is 236. The van der Waals surface area contributed by atoms with E-state index in [4.69, 9.17) is 0 Å². The van der Waals surface area contributed by atoms with Crippen LogP contribution in [0.5, 0.6) is 0 Å². The lowest BCUT2D eigenvalue weighted by Crippen LogP contribution is -1.80. The van der Waals surface area contributed by atoms with E-state index < -0.39 is 0 Å². The normalized spacial score (nSPS) is 12.1. The summed E-state index contributed by atoms with van der Waals surface area (Å²) in [5.74, 6) is 0. The molecule has 0 saturated heterocycles. The molecule has 0 aliphatic heterocycles. The second-order valence-corrected chi connectivity index (χ2v) is 4.20. The third kappa shape index (κ3) is 14.9. The maximum Gasteiger partial charge on any atom is 0.119 e. The summed E-state index contributed by atoms with van der Waals surface area (Å²) in [6.45, 7) is 2.02. The molecule has 0 amide bonds. The van der Waals surface area contributed by atoms with Gasteiger partial charge in [-0.25, -0.2) is 0 Å². The van der Waals surface area contributed by atoms with E-state index in [0.717, 1.165) is 19.1 Å². The molecule has 0 aromatic carbocycles. The van der Waals surface area contributed by atoms with Crippen LogP contribution >= 0.6 is 0 Å². The van der Waals surface area contributed by atoms with Gasteiger partial charge in [-0.3, -0.25) is 0 Å². The van der Waals surface area contributed by atoms with Crippen molar-refractivity contribution in [3.63, 3.8) is 0 Å². The average Bonchev–Trinajstić information content (AvgIpc) is 2.35. The standard InChI is InChI=1S/C16H26O/c1-2-3-4-5-6-7-8-9-10-11-12-13-14-15-16-17/h2-7,16H,8-15H2,1H3/b3-2+,5-4+,7-6-. The summed E-state index contributed by atoms with van der Waals surface area (Å²) in [4.78, 5) is 10.1. The monoisotopic (exact) mass is 234 g/mol. The topological polar surface area (TPSA) is 17.1 Å². The van der Waals surface area contributed by atoms with E-state index in [-0.39, 0.29) is 0 Å². The first-order valence-corrected chi connectivity index (χ1v) is 6.80. The Morgan fingerprint density at radius 2 is 1.29 bits per heavy atom. The first kappa shape index (κ1) is 15.9.